The molecule has 2 N–H and O–H groups in total. The van der Waals surface area contributed by atoms with Crippen molar-refractivity contribution in [1.29, 1.82) is 0 Å². The predicted molar refractivity (Wildman–Crippen MR) is 62.1 cm³/mol. The summed E-state index contributed by atoms with van der Waals surface area (Å²) in [6.45, 7) is 1.36. The smallest absolute Gasteiger partial charge is 0.260 e. The SMILES string of the molecule is Nc1cccc(F)c1OCC(=O)N1CCCC1. The zero-order valence-corrected chi connectivity index (χ0v) is 9.49. The van der Waals surface area contributed by atoms with E-state index >= 15 is 0 Å². The molecule has 1 aromatic carbocycles. The van der Waals surface area contributed by atoms with Crippen LogP contribution in [0.3, 0.4) is 0 Å². The maximum absolute atomic E-state index is 13.3. The van der Waals surface area contributed by atoms with E-state index in [1.54, 1.807) is 11.0 Å². The highest BCUT2D eigenvalue weighted by Gasteiger charge is 2.19. The second-order valence-corrected chi connectivity index (χ2v) is 4.03. The van der Waals surface area contributed by atoms with Crippen LogP contribution in [0, 0.1) is 5.82 Å². The van der Waals surface area contributed by atoms with E-state index in [9.17, 15) is 9.18 Å². The molecule has 0 radical (unpaired) electrons. The predicted octanol–water partition coefficient (Wildman–Crippen LogP) is 1.41. The van der Waals surface area contributed by atoms with Gasteiger partial charge in [0.1, 0.15) is 0 Å². The first-order chi connectivity index (χ1) is 8.18. The Morgan fingerprint density at radius 3 is 2.76 bits per heavy atom. The van der Waals surface area contributed by atoms with Crippen molar-refractivity contribution in [2.45, 2.75) is 12.8 Å². The number of carbonyl (C=O) groups excluding carboxylic acids is 1. The van der Waals surface area contributed by atoms with E-state index in [2.05, 4.69) is 0 Å². The lowest BCUT2D eigenvalue weighted by Crippen LogP contribution is -2.32. The van der Waals surface area contributed by atoms with Gasteiger partial charge in [-0.1, -0.05) is 6.07 Å². The molecule has 0 bridgehead atoms. The van der Waals surface area contributed by atoms with Crippen molar-refractivity contribution in [2.24, 2.45) is 0 Å². The molecule has 1 aliphatic rings. The Morgan fingerprint density at radius 2 is 2.12 bits per heavy atom. The Balaban J connectivity index is 1.95. The lowest BCUT2D eigenvalue weighted by atomic mass is 10.3. The molecule has 92 valence electrons. The molecule has 1 aromatic rings. The van der Waals surface area contributed by atoms with Gasteiger partial charge in [-0.05, 0) is 25.0 Å². The summed E-state index contributed by atoms with van der Waals surface area (Å²) in [4.78, 5) is 13.4. The quantitative estimate of drug-likeness (QED) is 0.810. The molecule has 1 heterocycles. The summed E-state index contributed by atoms with van der Waals surface area (Å²) < 4.78 is 18.5. The number of amides is 1. The molecule has 1 aliphatic heterocycles. The molecule has 17 heavy (non-hydrogen) atoms. The first kappa shape index (κ1) is 11.7. The number of para-hydroxylation sites is 1. The van der Waals surface area contributed by atoms with Crippen LogP contribution in [0.5, 0.6) is 5.75 Å². The summed E-state index contributed by atoms with van der Waals surface area (Å²) in [6, 6.07) is 4.30. The van der Waals surface area contributed by atoms with Crippen LogP contribution in [0.15, 0.2) is 18.2 Å². The van der Waals surface area contributed by atoms with Crippen molar-refractivity contribution in [3.8, 4) is 5.75 Å². The van der Waals surface area contributed by atoms with Crippen LogP contribution < -0.4 is 10.5 Å². The number of likely N-dealkylation sites (tertiary alicyclic amines) is 1. The molecule has 0 aromatic heterocycles. The zero-order valence-electron chi connectivity index (χ0n) is 9.49. The van der Waals surface area contributed by atoms with Gasteiger partial charge >= 0.3 is 0 Å². The Kier molecular flexibility index (Phi) is 3.46. The molecule has 4 nitrogen and oxygen atoms in total. The summed E-state index contributed by atoms with van der Waals surface area (Å²) in [6.07, 6.45) is 2.04. The number of rotatable bonds is 3. The second kappa shape index (κ2) is 5.03. The summed E-state index contributed by atoms with van der Waals surface area (Å²) in [5, 5.41) is 0. The number of nitrogens with two attached hydrogens (primary N) is 1. The van der Waals surface area contributed by atoms with Crippen LogP contribution >= 0.6 is 0 Å². The molecule has 5 heteroatoms. The van der Waals surface area contributed by atoms with Crippen LogP contribution in [-0.2, 0) is 4.79 Å². The zero-order chi connectivity index (χ0) is 12.3. The highest BCUT2D eigenvalue weighted by molar-refractivity contribution is 5.78. The van der Waals surface area contributed by atoms with Crippen LogP contribution in [-0.4, -0.2) is 30.5 Å². The van der Waals surface area contributed by atoms with Gasteiger partial charge in [0, 0.05) is 13.1 Å². The fourth-order valence-corrected chi connectivity index (χ4v) is 1.87. The number of ether oxygens (including phenoxy) is 1. The average Bonchev–Trinajstić information content (AvgIpc) is 2.81. The van der Waals surface area contributed by atoms with Crippen molar-refractivity contribution in [1.82, 2.24) is 4.90 Å². The highest BCUT2D eigenvalue weighted by Crippen LogP contribution is 2.24. The van der Waals surface area contributed by atoms with Crippen molar-refractivity contribution in [3.63, 3.8) is 0 Å². The molecule has 0 spiro atoms. The fraction of sp³-hybridized carbons (Fsp3) is 0.417. The minimum atomic E-state index is -0.542. The molecule has 0 atom stereocenters. The molecule has 2 rings (SSSR count). The number of anilines is 1. The number of nitrogens with zero attached hydrogens (tertiary/aromatic N) is 1. The topological polar surface area (TPSA) is 55.6 Å². The van der Waals surface area contributed by atoms with E-state index in [0.29, 0.717) is 0 Å². The van der Waals surface area contributed by atoms with Crippen LogP contribution in [0.4, 0.5) is 10.1 Å². The number of carbonyl (C=O) groups is 1. The number of halogens is 1. The maximum atomic E-state index is 13.3. The largest absolute Gasteiger partial charge is 0.479 e. The summed E-state index contributed by atoms with van der Waals surface area (Å²) in [5.41, 5.74) is 5.78. The van der Waals surface area contributed by atoms with Crippen LogP contribution in [0.25, 0.3) is 0 Å². The molecule has 1 amide bonds. The Labute approximate surface area is 99.2 Å². The Morgan fingerprint density at radius 1 is 1.41 bits per heavy atom. The molecule has 0 unspecified atom stereocenters. The summed E-state index contributed by atoms with van der Waals surface area (Å²) >= 11 is 0. The van der Waals surface area contributed by atoms with Gasteiger partial charge in [0.2, 0.25) is 0 Å². The molecule has 0 aliphatic carbocycles. The minimum absolute atomic E-state index is 0.0416. The van der Waals surface area contributed by atoms with E-state index in [1.165, 1.54) is 12.1 Å². The van der Waals surface area contributed by atoms with Gasteiger partial charge in [-0.15, -0.1) is 0 Å². The molecule has 1 fully saturated rings. The monoisotopic (exact) mass is 238 g/mol. The lowest BCUT2D eigenvalue weighted by Gasteiger charge is -2.16. The third-order valence-electron chi connectivity index (χ3n) is 2.80. The van der Waals surface area contributed by atoms with Gasteiger partial charge in [-0.2, -0.15) is 0 Å². The molecule has 0 saturated carbocycles. The van der Waals surface area contributed by atoms with Gasteiger partial charge in [-0.25, -0.2) is 4.39 Å². The normalized spacial score (nSPS) is 15.0. The van der Waals surface area contributed by atoms with E-state index < -0.39 is 5.82 Å². The molecular formula is C12H15FN2O2. The van der Waals surface area contributed by atoms with E-state index in [-0.39, 0.29) is 24.0 Å². The number of hydrogen-bond donors (Lipinski definition) is 1. The van der Waals surface area contributed by atoms with Gasteiger partial charge in [0.15, 0.2) is 18.2 Å². The van der Waals surface area contributed by atoms with E-state index in [0.717, 1.165) is 25.9 Å². The first-order valence-corrected chi connectivity index (χ1v) is 5.63. The third kappa shape index (κ3) is 2.67. The maximum Gasteiger partial charge on any atom is 0.260 e. The Hall–Kier alpha value is -1.78. The van der Waals surface area contributed by atoms with Gasteiger partial charge in [0.25, 0.3) is 5.91 Å². The average molecular weight is 238 g/mol. The lowest BCUT2D eigenvalue weighted by molar-refractivity contribution is -0.132. The second-order valence-electron chi connectivity index (χ2n) is 4.03. The highest BCUT2D eigenvalue weighted by atomic mass is 19.1. The van der Waals surface area contributed by atoms with Crippen molar-refractivity contribution < 1.29 is 13.9 Å². The van der Waals surface area contributed by atoms with Crippen molar-refractivity contribution in [2.75, 3.05) is 25.4 Å². The van der Waals surface area contributed by atoms with Gasteiger partial charge in [-0.3, -0.25) is 4.79 Å². The summed E-state index contributed by atoms with van der Waals surface area (Å²) in [7, 11) is 0. The Bertz CT molecular complexity index is 397. The van der Waals surface area contributed by atoms with Crippen molar-refractivity contribution >= 4 is 11.6 Å². The fourth-order valence-electron chi connectivity index (χ4n) is 1.87. The minimum Gasteiger partial charge on any atom is -0.479 e. The third-order valence-corrected chi connectivity index (χ3v) is 2.80. The van der Waals surface area contributed by atoms with E-state index in [1.807, 2.05) is 0 Å². The number of nitrogen functional groups attached to an aromatic ring is 1. The van der Waals surface area contributed by atoms with Crippen LogP contribution in [0.1, 0.15) is 12.8 Å². The van der Waals surface area contributed by atoms with Gasteiger partial charge < -0.3 is 15.4 Å². The van der Waals surface area contributed by atoms with Crippen LogP contribution in [0.2, 0.25) is 0 Å². The van der Waals surface area contributed by atoms with Crippen molar-refractivity contribution in [3.05, 3.63) is 24.0 Å². The standard InChI is InChI=1S/C12H15FN2O2/c13-9-4-3-5-10(14)12(9)17-8-11(16)15-6-1-2-7-15/h3-5H,1-2,6-8,14H2. The van der Waals surface area contributed by atoms with Gasteiger partial charge in [0.05, 0.1) is 5.69 Å². The molecular weight excluding hydrogens is 223 g/mol. The number of hydrogen-bond acceptors (Lipinski definition) is 3. The number of benzene rings is 1. The van der Waals surface area contributed by atoms with E-state index in [4.69, 9.17) is 10.5 Å². The first-order valence-electron chi connectivity index (χ1n) is 5.63. The summed E-state index contributed by atoms with van der Waals surface area (Å²) in [5.74, 6) is -0.704. The molecule has 1 saturated heterocycles.